The van der Waals surface area contributed by atoms with Gasteiger partial charge in [-0.15, -0.1) is 0 Å². The van der Waals surface area contributed by atoms with Crippen LogP contribution in [0.5, 0.6) is 0 Å². The van der Waals surface area contributed by atoms with Crippen LogP contribution in [0.25, 0.3) is 0 Å². The second kappa shape index (κ2) is 9.22. The van der Waals surface area contributed by atoms with E-state index in [9.17, 15) is 0 Å². The molecule has 1 aromatic carbocycles. The van der Waals surface area contributed by atoms with E-state index >= 15 is 0 Å². The lowest BCUT2D eigenvalue weighted by Gasteiger charge is -2.22. The van der Waals surface area contributed by atoms with E-state index in [0.717, 1.165) is 32.6 Å². The number of benzene rings is 1. The first-order valence-corrected chi connectivity index (χ1v) is 8.40. The van der Waals surface area contributed by atoms with E-state index in [0.29, 0.717) is 6.04 Å². The van der Waals surface area contributed by atoms with Gasteiger partial charge in [-0.05, 0) is 35.9 Å². The highest BCUT2D eigenvalue weighted by atomic mass is 16.5. The Morgan fingerprint density at radius 1 is 1.05 bits per heavy atom. The van der Waals surface area contributed by atoms with Crippen molar-refractivity contribution in [1.29, 1.82) is 0 Å². The van der Waals surface area contributed by atoms with Crippen LogP contribution in [0, 0.1) is 0 Å². The van der Waals surface area contributed by atoms with Crippen molar-refractivity contribution in [3.05, 3.63) is 35.4 Å². The van der Waals surface area contributed by atoms with E-state index < -0.39 is 0 Å². The van der Waals surface area contributed by atoms with Crippen LogP contribution < -0.4 is 5.32 Å². The lowest BCUT2D eigenvalue weighted by molar-refractivity contribution is 0.109. The summed E-state index contributed by atoms with van der Waals surface area (Å²) in [6.07, 6.45) is 3.47. The SMILES string of the molecule is CCCCOCC(NCCC)c1ccc(C(C)(C)C)cc1. The Labute approximate surface area is 131 Å². The highest BCUT2D eigenvalue weighted by molar-refractivity contribution is 5.29. The molecule has 0 aliphatic heterocycles. The molecule has 0 bridgehead atoms. The van der Waals surface area contributed by atoms with Crippen LogP contribution in [0.15, 0.2) is 24.3 Å². The smallest absolute Gasteiger partial charge is 0.0661 e. The van der Waals surface area contributed by atoms with E-state index in [4.69, 9.17) is 4.74 Å². The molecule has 1 unspecified atom stereocenters. The molecule has 21 heavy (non-hydrogen) atoms. The predicted octanol–water partition coefficient (Wildman–Crippen LogP) is 4.84. The molecule has 120 valence electrons. The zero-order valence-corrected chi connectivity index (χ0v) is 14.5. The molecule has 0 fully saturated rings. The molecule has 0 radical (unpaired) electrons. The van der Waals surface area contributed by atoms with Crippen LogP contribution in [0.4, 0.5) is 0 Å². The summed E-state index contributed by atoms with van der Waals surface area (Å²) >= 11 is 0. The first kappa shape index (κ1) is 18.2. The van der Waals surface area contributed by atoms with Gasteiger partial charge in [0.15, 0.2) is 0 Å². The summed E-state index contributed by atoms with van der Waals surface area (Å²) in [5.41, 5.74) is 2.92. The standard InChI is InChI=1S/C19H33NO/c1-6-8-14-21-15-18(20-13-7-2)16-9-11-17(12-10-16)19(3,4)5/h9-12,18,20H,6-8,13-15H2,1-5H3. The fourth-order valence-corrected chi connectivity index (χ4v) is 2.25. The summed E-state index contributed by atoms with van der Waals surface area (Å²) < 4.78 is 5.82. The second-order valence-corrected chi connectivity index (χ2v) is 6.81. The van der Waals surface area contributed by atoms with Gasteiger partial charge >= 0.3 is 0 Å². The van der Waals surface area contributed by atoms with Crippen molar-refractivity contribution in [1.82, 2.24) is 5.32 Å². The van der Waals surface area contributed by atoms with E-state index in [1.165, 1.54) is 17.5 Å². The molecular weight excluding hydrogens is 258 g/mol. The highest BCUT2D eigenvalue weighted by Gasteiger charge is 2.15. The Bertz CT molecular complexity index is 378. The highest BCUT2D eigenvalue weighted by Crippen LogP contribution is 2.24. The molecule has 0 saturated heterocycles. The van der Waals surface area contributed by atoms with Gasteiger partial charge in [-0.25, -0.2) is 0 Å². The summed E-state index contributed by atoms with van der Waals surface area (Å²) in [5, 5.41) is 3.60. The van der Waals surface area contributed by atoms with E-state index in [1.54, 1.807) is 0 Å². The average Bonchev–Trinajstić information content (AvgIpc) is 2.46. The summed E-state index contributed by atoms with van der Waals surface area (Å²) in [6, 6.07) is 9.30. The topological polar surface area (TPSA) is 21.3 Å². The molecule has 1 rings (SSSR count). The van der Waals surface area contributed by atoms with Crippen LogP contribution in [0.1, 0.15) is 71.0 Å². The minimum atomic E-state index is 0.211. The minimum Gasteiger partial charge on any atom is -0.379 e. The van der Waals surface area contributed by atoms with Gasteiger partial charge in [0, 0.05) is 6.61 Å². The number of ether oxygens (including phenoxy) is 1. The molecule has 1 aromatic rings. The summed E-state index contributed by atoms with van der Waals surface area (Å²) in [4.78, 5) is 0. The van der Waals surface area contributed by atoms with E-state index in [-0.39, 0.29) is 5.41 Å². The third-order valence-corrected chi connectivity index (χ3v) is 3.75. The van der Waals surface area contributed by atoms with Crippen LogP contribution in [-0.4, -0.2) is 19.8 Å². The zero-order chi connectivity index (χ0) is 15.7. The molecule has 2 heteroatoms. The average molecular weight is 291 g/mol. The Morgan fingerprint density at radius 2 is 1.71 bits per heavy atom. The number of hydrogen-bond donors (Lipinski definition) is 1. The van der Waals surface area contributed by atoms with Gasteiger partial charge < -0.3 is 10.1 Å². The quantitative estimate of drug-likeness (QED) is 0.657. The molecule has 1 N–H and O–H groups in total. The maximum Gasteiger partial charge on any atom is 0.0661 e. The van der Waals surface area contributed by atoms with Gasteiger partial charge in [0.25, 0.3) is 0 Å². The molecule has 0 aromatic heterocycles. The zero-order valence-electron chi connectivity index (χ0n) is 14.5. The van der Waals surface area contributed by atoms with Crippen LogP contribution in [0.3, 0.4) is 0 Å². The minimum absolute atomic E-state index is 0.211. The van der Waals surface area contributed by atoms with Gasteiger partial charge in [-0.2, -0.15) is 0 Å². The molecule has 0 aliphatic rings. The summed E-state index contributed by atoms with van der Waals surface area (Å²) in [7, 11) is 0. The normalized spacial score (nSPS) is 13.4. The molecular formula is C19H33NO. The Morgan fingerprint density at radius 3 is 2.24 bits per heavy atom. The summed E-state index contributed by atoms with van der Waals surface area (Å²) in [6.45, 7) is 13.8. The maximum absolute atomic E-state index is 5.82. The lowest BCUT2D eigenvalue weighted by atomic mass is 9.86. The molecule has 0 heterocycles. The van der Waals surface area contributed by atoms with Gasteiger partial charge in [0.1, 0.15) is 0 Å². The van der Waals surface area contributed by atoms with Crippen LogP contribution in [-0.2, 0) is 10.2 Å². The largest absolute Gasteiger partial charge is 0.379 e. The van der Waals surface area contributed by atoms with Gasteiger partial charge in [-0.1, -0.05) is 65.3 Å². The number of unbranched alkanes of at least 4 members (excludes halogenated alkanes) is 1. The number of rotatable bonds is 9. The molecule has 0 saturated carbocycles. The van der Waals surface area contributed by atoms with Crippen molar-refractivity contribution in [2.75, 3.05) is 19.8 Å². The van der Waals surface area contributed by atoms with Crippen molar-refractivity contribution in [3.8, 4) is 0 Å². The van der Waals surface area contributed by atoms with Crippen LogP contribution in [0.2, 0.25) is 0 Å². The Kier molecular flexibility index (Phi) is 7.98. The molecule has 1 atom stereocenters. The van der Waals surface area contributed by atoms with E-state index in [2.05, 4.69) is 64.2 Å². The molecule has 2 nitrogen and oxygen atoms in total. The molecule has 0 amide bonds. The first-order valence-electron chi connectivity index (χ1n) is 8.40. The Balaban J connectivity index is 2.68. The fourth-order valence-electron chi connectivity index (χ4n) is 2.25. The fraction of sp³-hybridized carbons (Fsp3) is 0.684. The van der Waals surface area contributed by atoms with Crippen molar-refractivity contribution in [3.63, 3.8) is 0 Å². The van der Waals surface area contributed by atoms with Crippen molar-refractivity contribution in [2.45, 2.75) is 65.3 Å². The third kappa shape index (κ3) is 6.62. The van der Waals surface area contributed by atoms with Crippen molar-refractivity contribution < 1.29 is 4.74 Å². The number of hydrogen-bond acceptors (Lipinski definition) is 2. The lowest BCUT2D eigenvalue weighted by Crippen LogP contribution is -2.26. The van der Waals surface area contributed by atoms with E-state index in [1.807, 2.05) is 0 Å². The van der Waals surface area contributed by atoms with Crippen molar-refractivity contribution >= 4 is 0 Å². The monoisotopic (exact) mass is 291 g/mol. The maximum atomic E-state index is 5.82. The Hall–Kier alpha value is -0.860. The third-order valence-electron chi connectivity index (χ3n) is 3.75. The van der Waals surface area contributed by atoms with Gasteiger partial charge in [-0.3, -0.25) is 0 Å². The first-order chi connectivity index (χ1) is 9.99. The predicted molar refractivity (Wildman–Crippen MR) is 91.9 cm³/mol. The summed E-state index contributed by atoms with van der Waals surface area (Å²) in [5.74, 6) is 0. The van der Waals surface area contributed by atoms with Crippen molar-refractivity contribution in [2.24, 2.45) is 0 Å². The molecule has 0 aliphatic carbocycles. The van der Waals surface area contributed by atoms with Crippen LogP contribution >= 0.6 is 0 Å². The van der Waals surface area contributed by atoms with Gasteiger partial charge in [0.05, 0.1) is 12.6 Å². The second-order valence-electron chi connectivity index (χ2n) is 6.81. The molecule has 0 spiro atoms. The number of nitrogens with one attached hydrogen (secondary N) is 1. The van der Waals surface area contributed by atoms with Gasteiger partial charge in [0.2, 0.25) is 0 Å².